The van der Waals surface area contributed by atoms with Crippen LogP contribution in [0, 0.1) is 13.8 Å². The van der Waals surface area contributed by atoms with Crippen molar-refractivity contribution in [2.75, 3.05) is 0 Å². The first-order valence-electron chi connectivity index (χ1n) is 6.47. The summed E-state index contributed by atoms with van der Waals surface area (Å²) in [6, 6.07) is 6.15. The van der Waals surface area contributed by atoms with Gasteiger partial charge in [0.1, 0.15) is 5.75 Å². The summed E-state index contributed by atoms with van der Waals surface area (Å²) in [5.74, 6) is 0.683. The predicted molar refractivity (Wildman–Crippen MR) is 73.9 cm³/mol. The highest BCUT2D eigenvalue weighted by Crippen LogP contribution is 2.17. The van der Waals surface area contributed by atoms with Gasteiger partial charge >= 0.3 is 0 Å². The number of carbonyl (C=O) groups excluding carboxylic acids is 1. The van der Waals surface area contributed by atoms with Gasteiger partial charge in [0.2, 0.25) is 0 Å². The highest BCUT2D eigenvalue weighted by molar-refractivity contribution is 5.80. The Morgan fingerprint density at radius 3 is 2.28 bits per heavy atom. The minimum atomic E-state index is -0.472. The van der Waals surface area contributed by atoms with Crippen molar-refractivity contribution in [1.29, 1.82) is 0 Å². The van der Waals surface area contributed by atoms with Crippen LogP contribution in [0.25, 0.3) is 0 Å². The molecule has 2 atom stereocenters. The molecular weight excluding hydrogens is 226 g/mol. The Kier molecular flexibility index (Phi) is 5.20. The summed E-state index contributed by atoms with van der Waals surface area (Å²) in [6.07, 6.45) is 0.447. The van der Waals surface area contributed by atoms with E-state index in [0.717, 1.165) is 23.3 Å². The third kappa shape index (κ3) is 4.40. The average Bonchev–Trinajstić information content (AvgIpc) is 2.27. The second-order valence-electron chi connectivity index (χ2n) is 4.90. The molecule has 3 nitrogen and oxygen atoms in total. The third-order valence-electron chi connectivity index (χ3n) is 2.88. The standard InChI is InChI=1S/C15H23NO2/c1-6-12(4)16-15(17)13(5)18-14-8-10(2)7-11(3)9-14/h7-9,12-13H,6H2,1-5H3,(H,16,17). The lowest BCUT2D eigenvalue weighted by molar-refractivity contribution is -0.127. The van der Waals surface area contributed by atoms with Crippen LogP contribution in [0.4, 0.5) is 0 Å². The Balaban J connectivity index is 2.63. The molecule has 0 spiro atoms. The molecule has 1 aromatic carbocycles. The number of hydrogen-bond donors (Lipinski definition) is 1. The molecule has 3 heteroatoms. The summed E-state index contributed by atoms with van der Waals surface area (Å²) in [4.78, 5) is 11.9. The van der Waals surface area contributed by atoms with Crippen LogP contribution in [0.2, 0.25) is 0 Å². The van der Waals surface area contributed by atoms with Crippen LogP contribution in [0.5, 0.6) is 5.75 Å². The predicted octanol–water partition coefficient (Wildman–Crippen LogP) is 2.99. The lowest BCUT2D eigenvalue weighted by Crippen LogP contribution is -2.40. The molecule has 1 amide bonds. The van der Waals surface area contributed by atoms with Gasteiger partial charge in [-0.05, 0) is 57.4 Å². The Bertz CT molecular complexity index is 395. The van der Waals surface area contributed by atoms with Crippen LogP contribution in [-0.4, -0.2) is 18.1 Å². The first-order chi connectivity index (χ1) is 8.42. The Morgan fingerprint density at radius 2 is 1.78 bits per heavy atom. The van der Waals surface area contributed by atoms with Gasteiger partial charge in [0.15, 0.2) is 6.10 Å². The molecule has 2 unspecified atom stereocenters. The van der Waals surface area contributed by atoms with Gasteiger partial charge in [0.25, 0.3) is 5.91 Å². The molecule has 1 aromatic rings. The molecule has 0 aliphatic carbocycles. The van der Waals surface area contributed by atoms with Crippen molar-refractivity contribution in [2.45, 2.75) is 53.2 Å². The van der Waals surface area contributed by atoms with E-state index < -0.39 is 6.10 Å². The van der Waals surface area contributed by atoms with Crippen molar-refractivity contribution in [3.63, 3.8) is 0 Å². The van der Waals surface area contributed by atoms with E-state index in [9.17, 15) is 4.79 Å². The van der Waals surface area contributed by atoms with Gasteiger partial charge in [-0.15, -0.1) is 0 Å². The molecule has 0 aromatic heterocycles. The lowest BCUT2D eigenvalue weighted by atomic mass is 10.1. The maximum absolute atomic E-state index is 11.9. The minimum Gasteiger partial charge on any atom is -0.481 e. The molecule has 0 radical (unpaired) electrons. The normalized spacial score (nSPS) is 13.8. The molecule has 1 rings (SSSR count). The molecular formula is C15H23NO2. The monoisotopic (exact) mass is 249 g/mol. The molecule has 0 saturated carbocycles. The largest absolute Gasteiger partial charge is 0.481 e. The molecule has 1 N–H and O–H groups in total. The Morgan fingerprint density at radius 1 is 1.22 bits per heavy atom. The van der Waals surface area contributed by atoms with Crippen LogP contribution in [0.3, 0.4) is 0 Å². The fraction of sp³-hybridized carbons (Fsp3) is 0.533. The van der Waals surface area contributed by atoms with Crippen molar-refractivity contribution in [2.24, 2.45) is 0 Å². The number of hydrogen-bond acceptors (Lipinski definition) is 2. The SMILES string of the molecule is CCC(C)NC(=O)C(C)Oc1cc(C)cc(C)c1. The fourth-order valence-electron chi connectivity index (χ4n) is 1.72. The topological polar surface area (TPSA) is 38.3 Å². The van der Waals surface area contributed by atoms with E-state index in [1.165, 1.54) is 0 Å². The highest BCUT2D eigenvalue weighted by atomic mass is 16.5. The zero-order valence-corrected chi connectivity index (χ0v) is 11.9. The average molecular weight is 249 g/mol. The van der Waals surface area contributed by atoms with Crippen LogP contribution in [0.15, 0.2) is 18.2 Å². The lowest BCUT2D eigenvalue weighted by Gasteiger charge is -2.18. The van der Waals surface area contributed by atoms with E-state index >= 15 is 0 Å². The number of carbonyl (C=O) groups is 1. The molecule has 0 fully saturated rings. The molecule has 100 valence electrons. The number of ether oxygens (including phenoxy) is 1. The number of nitrogens with one attached hydrogen (secondary N) is 1. The zero-order chi connectivity index (χ0) is 13.7. The second-order valence-corrected chi connectivity index (χ2v) is 4.90. The minimum absolute atomic E-state index is 0.0662. The molecule has 0 aliphatic rings. The number of amides is 1. The van der Waals surface area contributed by atoms with Crippen molar-refractivity contribution in [1.82, 2.24) is 5.32 Å². The number of rotatable bonds is 5. The highest BCUT2D eigenvalue weighted by Gasteiger charge is 2.16. The summed E-state index contributed by atoms with van der Waals surface area (Å²) in [5, 5.41) is 2.91. The first kappa shape index (κ1) is 14.6. The maximum atomic E-state index is 11.9. The van der Waals surface area contributed by atoms with Crippen LogP contribution in [-0.2, 0) is 4.79 Å². The van der Waals surface area contributed by atoms with E-state index in [1.54, 1.807) is 6.92 Å². The quantitative estimate of drug-likeness (QED) is 0.871. The third-order valence-corrected chi connectivity index (χ3v) is 2.88. The summed E-state index contributed by atoms with van der Waals surface area (Å²) in [5.41, 5.74) is 2.28. The van der Waals surface area contributed by atoms with Gasteiger partial charge in [-0.3, -0.25) is 4.79 Å². The summed E-state index contributed by atoms with van der Waals surface area (Å²) < 4.78 is 5.67. The van der Waals surface area contributed by atoms with Gasteiger partial charge in [-0.2, -0.15) is 0 Å². The summed E-state index contributed by atoms with van der Waals surface area (Å²) in [6.45, 7) is 9.84. The van der Waals surface area contributed by atoms with E-state index in [-0.39, 0.29) is 11.9 Å². The van der Waals surface area contributed by atoms with Gasteiger partial charge < -0.3 is 10.1 Å². The van der Waals surface area contributed by atoms with Gasteiger partial charge in [0, 0.05) is 6.04 Å². The van der Waals surface area contributed by atoms with Crippen LogP contribution < -0.4 is 10.1 Å². The smallest absolute Gasteiger partial charge is 0.260 e. The van der Waals surface area contributed by atoms with Crippen molar-refractivity contribution >= 4 is 5.91 Å². The van der Waals surface area contributed by atoms with Crippen molar-refractivity contribution in [3.8, 4) is 5.75 Å². The van der Waals surface area contributed by atoms with Gasteiger partial charge in [-0.25, -0.2) is 0 Å². The summed E-state index contributed by atoms with van der Waals surface area (Å²) >= 11 is 0. The molecule has 0 aliphatic heterocycles. The fourth-order valence-corrected chi connectivity index (χ4v) is 1.72. The number of benzene rings is 1. The van der Waals surface area contributed by atoms with Crippen LogP contribution >= 0.6 is 0 Å². The van der Waals surface area contributed by atoms with Crippen molar-refractivity contribution < 1.29 is 9.53 Å². The van der Waals surface area contributed by atoms with E-state index in [1.807, 2.05) is 39.8 Å². The van der Waals surface area contributed by atoms with E-state index in [2.05, 4.69) is 11.4 Å². The van der Waals surface area contributed by atoms with E-state index in [4.69, 9.17) is 4.74 Å². The number of aryl methyl sites for hydroxylation is 2. The van der Waals surface area contributed by atoms with Gasteiger partial charge in [-0.1, -0.05) is 13.0 Å². The second kappa shape index (κ2) is 6.43. The molecule has 0 saturated heterocycles. The van der Waals surface area contributed by atoms with Crippen molar-refractivity contribution in [3.05, 3.63) is 29.3 Å². The van der Waals surface area contributed by atoms with Crippen LogP contribution in [0.1, 0.15) is 38.3 Å². The summed E-state index contributed by atoms with van der Waals surface area (Å²) in [7, 11) is 0. The molecule has 18 heavy (non-hydrogen) atoms. The van der Waals surface area contributed by atoms with E-state index in [0.29, 0.717) is 0 Å². The van der Waals surface area contributed by atoms with Gasteiger partial charge in [0.05, 0.1) is 0 Å². The first-order valence-corrected chi connectivity index (χ1v) is 6.47. The molecule has 0 bridgehead atoms. The maximum Gasteiger partial charge on any atom is 0.260 e. The Labute approximate surface area is 110 Å². The Hall–Kier alpha value is -1.51. The molecule has 0 heterocycles. The zero-order valence-electron chi connectivity index (χ0n) is 11.9.